The van der Waals surface area contributed by atoms with Gasteiger partial charge in [-0.25, -0.2) is 0 Å². The lowest BCUT2D eigenvalue weighted by Gasteiger charge is -1.95. The van der Waals surface area contributed by atoms with Gasteiger partial charge in [0.05, 0.1) is 5.69 Å². The minimum atomic E-state index is 0.431. The van der Waals surface area contributed by atoms with E-state index in [1.807, 2.05) is 6.92 Å². The minimum Gasteiger partial charge on any atom is -0.259 e. The van der Waals surface area contributed by atoms with Crippen LogP contribution in [0.4, 0.5) is 5.69 Å². The third kappa shape index (κ3) is 1.18. The van der Waals surface area contributed by atoms with Gasteiger partial charge in [0.2, 0.25) is 0 Å². The molecule has 0 fully saturated rings. The highest BCUT2D eigenvalue weighted by Crippen LogP contribution is 2.15. The van der Waals surface area contributed by atoms with Gasteiger partial charge in [-0.15, -0.1) is 4.91 Å². The Balaban J connectivity index is 3.21. The monoisotopic (exact) mass is 136 g/mol. The molecule has 52 valence electrons. The van der Waals surface area contributed by atoms with Gasteiger partial charge in [0.25, 0.3) is 0 Å². The molecule has 0 aliphatic rings. The molecule has 1 aromatic heterocycles. The lowest BCUT2D eigenvalue weighted by atomic mass is 10.2. The largest absolute Gasteiger partial charge is 0.259 e. The van der Waals surface area contributed by atoms with Gasteiger partial charge < -0.3 is 0 Å². The van der Waals surface area contributed by atoms with Gasteiger partial charge in [0.1, 0.15) is 5.69 Å². The molecule has 0 aliphatic carbocycles. The highest BCUT2D eigenvalue weighted by molar-refractivity contribution is 5.42. The summed E-state index contributed by atoms with van der Waals surface area (Å²) in [6.45, 7) is 3.64. The fourth-order valence-electron chi connectivity index (χ4n) is 0.715. The smallest absolute Gasteiger partial charge is 0.129 e. The summed E-state index contributed by atoms with van der Waals surface area (Å²) in [5.74, 6) is 0. The number of aryl methyl sites for hydroxylation is 2. The standard InChI is InChI=1S/C7H8N2O/c1-5-3-7(9-10)6(2)8-4-5/h3-4H,1-2H3. The van der Waals surface area contributed by atoms with Crippen molar-refractivity contribution in [3.05, 3.63) is 28.4 Å². The zero-order chi connectivity index (χ0) is 7.56. The van der Waals surface area contributed by atoms with Crippen molar-refractivity contribution in [2.75, 3.05) is 0 Å². The average Bonchev–Trinajstić information content (AvgIpc) is 1.94. The van der Waals surface area contributed by atoms with E-state index in [-0.39, 0.29) is 0 Å². The molecule has 0 radical (unpaired) electrons. The molecule has 0 saturated heterocycles. The summed E-state index contributed by atoms with van der Waals surface area (Å²) in [6, 6.07) is 1.72. The summed E-state index contributed by atoms with van der Waals surface area (Å²) in [4.78, 5) is 14.0. The molecule has 0 unspecified atom stereocenters. The summed E-state index contributed by atoms with van der Waals surface area (Å²) >= 11 is 0. The van der Waals surface area contributed by atoms with E-state index in [1.54, 1.807) is 19.2 Å². The molecule has 0 atom stereocenters. The van der Waals surface area contributed by atoms with Crippen molar-refractivity contribution >= 4 is 5.69 Å². The van der Waals surface area contributed by atoms with Crippen LogP contribution in [0.1, 0.15) is 11.3 Å². The zero-order valence-electron chi connectivity index (χ0n) is 5.96. The summed E-state index contributed by atoms with van der Waals surface area (Å²) in [7, 11) is 0. The Hall–Kier alpha value is -1.25. The van der Waals surface area contributed by atoms with E-state index in [4.69, 9.17) is 0 Å². The maximum absolute atomic E-state index is 10.1. The molecule has 0 saturated carbocycles. The molecule has 3 heteroatoms. The molecule has 0 aromatic carbocycles. The van der Waals surface area contributed by atoms with Crippen LogP contribution in [-0.4, -0.2) is 4.98 Å². The maximum Gasteiger partial charge on any atom is 0.129 e. The molecule has 0 amide bonds. The van der Waals surface area contributed by atoms with Crippen LogP contribution in [-0.2, 0) is 0 Å². The highest BCUT2D eigenvalue weighted by Gasteiger charge is 1.97. The van der Waals surface area contributed by atoms with E-state index in [9.17, 15) is 4.91 Å². The predicted octanol–water partition coefficient (Wildman–Crippen LogP) is 2.10. The van der Waals surface area contributed by atoms with Gasteiger partial charge in [0.15, 0.2) is 0 Å². The van der Waals surface area contributed by atoms with E-state index in [0.29, 0.717) is 11.4 Å². The van der Waals surface area contributed by atoms with Crippen LogP contribution >= 0.6 is 0 Å². The first-order valence-electron chi connectivity index (χ1n) is 3.00. The Morgan fingerprint density at radius 3 is 2.70 bits per heavy atom. The molecule has 0 N–H and O–H groups in total. The van der Waals surface area contributed by atoms with Crippen LogP contribution in [0.25, 0.3) is 0 Å². The third-order valence-corrected chi connectivity index (χ3v) is 1.30. The fourth-order valence-corrected chi connectivity index (χ4v) is 0.715. The first kappa shape index (κ1) is 6.86. The van der Waals surface area contributed by atoms with Crippen molar-refractivity contribution < 1.29 is 0 Å². The van der Waals surface area contributed by atoms with Crippen molar-refractivity contribution in [3.8, 4) is 0 Å². The van der Waals surface area contributed by atoms with Crippen LogP contribution in [0.2, 0.25) is 0 Å². The SMILES string of the molecule is Cc1cnc(C)c(N=O)c1. The number of rotatable bonds is 1. The highest BCUT2D eigenvalue weighted by atomic mass is 16.3. The molecule has 0 bridgehead atoms. The van der Waals surface area contributed by atoms with Crippen LogP contribution in [0, 0.1) is 18.8 Å². The Bertz CT molecular complexity index is 258. The van der Waals surface area contributed by atoms with Gasteiger partial charge >= 0.3 is 0 Å². The van der Waals surface area contributed by atoms with Crippen molar-refractivity contribution in [3.63, 3.8) is 0 Å². The fraction of sp³-hybridized carbons (Fsp3) is 0.286. The summed E-state index contributed by atoms with van der Waals surface area (Å²) in [5, 5.41) is 2.82. The van der Waals surface area contributed by atoms with E-state index in [2.05, 4.69) is 10.2 Å². The second-order valence-electron chi connectivity index (χ2n) is 2.21. The molecule has 0 spiro atoms. The molecular formula is C7H8N2O. The molecule has 10 heavy (non-hydrogen) atoms. The summed E-state index contributed by atoms with van der Waals surface area (Å²) < 4.78 is 0. The van der Waals surface area contributed by atoms with Crippen molar-refractivity contribution in [2.24, 2.45) is 5.18 Å². The molecule has 3 nitrogen and oxygen atoms in total. The quantitative estimate of drug-likeness (QED) is 0.555. The Labute approximate surface area is 59.1 Å². The molecule has 1 rings (SSSR count). The van der Waals surface area contributed by atoms with Crippen LogP contribution in [0.3, 0.4) is 0 Å². The Morgan fingerprint density at radius 1 is 1.50 bits per heavy atom. The normalized spacial score (nSPS) is 9.40. The number of aromatic nitrogens is 1. The van der Waals surface area contributed by atoms with Gasteiger partial charge in [0, 0.05) is 6.20 Å². The van der Waals surface area contributed by atoms with Crippen LogP contribution in [0.15, 0.2) is 17.4 Å². The number of pyridine rings is 1. The number of nitrogens with zero attached hydrogens (tertiary/aromatic N) is 2. The van der Waals surface area contributed by atoms with Gasteiger partial charge in [-0.3, -0.25) is 4.98 Å². The van der Waals surface area contributed by atoms with Gasteiger partial charge in [-0.05, 0) is 30.7 Å². The average molecular weight is 136 g/mol. The van der Waals surface area contributed by atoms with Crippen LogP contribution < -0.4 is 0 Å². The molecular weight excluding hydrogens is 128 g/mol. The second-order valence-corrected chi connectivity index (χ2v) is 2.21. The van der Waals surface area contributed by atoms with Gasteiger partial charge in [-0.2, -0.15) is 0 Å². The minimum absolute atomic E-state index is 0.431. The molecule has 1 heterocycles. The first-order valence-corrected chi connectivity index (χ1v) is 3.00. The number of nitroso groups, excluding NO2 is 1. The topological polar surface area (TPSA) is 42.3 Å². The second kappa shape index (κ2) is 2.56. The Kier molecular flexibility index (Phi) is 1.76. The lowest BCUT2D eigenvalue weighted by Crippen LogP contribution is -1.81. The van der Waals surface area contributed by atoms with Gasteiger partial charge in [-0.1, -0.05) is 0 Å². The first-order chi connectivity index (χ1) is 4.74. The summed E-state index contributed by atoms with van der Waals surface area (Å²) in [5.41, 5.74) is 2.07. The van der Waals surface area contributed by atoms with E-state index in [0.717, 1.165) is 5.56 Å². The van der Waals surface area contributed by atoms with Crippen molar-refractivity contribution in [1.82, 2.24) is 4.98 Å². The van der Waals surface area contributed by atoms with E-state index >= 15 is 0 Å². The summed E-state index contributed by atoms with van der Waals surface area (Å²) in [6.07, 6.45) is 1.71. The van der Waals surface area contributed by atoms with Crippen LogP contribution in [0.5, 0.6) is 0 Å². The predicted molar refractivity (Wildman–Crippen MR) is 39.2 cm³/mol. The molecule has 0 aliphatic heterocycles. The lowest BCUT2D eigenvalue weighted by molar-refractivity contribution is 1.16. The molecule has 1 aromatic rings. The van der Waals surface area contributed by atoms with E-state index < -0.39 is 0 Å². The number of hydrogen-bond donors (Lipinski definition) is 0. The van der Waals surface area contributed by atoms with Crippen molar-refractivity contribution in [1.29, 1.82) is 0 Å². The van der Waals surface area contributed by atoms with Crippen molar-refractivity contribution in [2.45, 2.75) is 13.8 Å². The third-order valence-electron chi connectivity index (χ3n) is 1.30. The zero-order valence-corrected chi connectivity index (χ0v) is 5.96. The maximum atomic E-state index is 10.1. The Morgan fingerprint density at radius 2 is 2.20 bits per heavy atom. The number of hydrogen-bond acceptors (Lipinski definition) is 3. The van der Waals surface area contributed by atoms with E-state index in [1.165, 1.54) is 0 Å².